The molecule has 1 aromatic heterocycles. The molecule has 24 heavy (non-hydrogen) atoms. The van der Waals surface area contributed by atoms with Crippen molar-refractivity contribution in [3.8, 4) is 0 Å². The number of amides is 2. The summed E-state index contributed by atoms with van der Waals surface area (Å²) in [5.74, 6) is 0.259. The van der Waals surface area contributed by atoms with Crippen LogP contribution in [0.5, 0.6) is 0 Å². The minimum atomic E-state index is -0.409. The van der Waals surface area contributed by atoms with Gasteiger partial charge in [-0.05, 0) is 25.0 Å². The number of carbonyl (C=O) groups is 2. The number of fused-ring (bicyclic) bond motifs is 1. The lowest BCUT2D eigenvalue weighted by molar-refractivity contribution is -0.126. The molecule has 6 nitrogen and oxygen atoms in total. The Morgan fingerprint density at radius 2 is 2.25 bits per heavy atom. The number of thioether (sulfide) groups is 1. The van der Waals surface area contributed by atoms with Crippen molar-refractivity contribution in [3.05, 3.63) is 34.8 Å². The Hall–Kier alpha value is -1.93. The summed E-state index contributed by atoms with van der Waals surface area (Å²) < 4.78 is 0.955. The third kappa shape index (κ3) is 4.12. The molecule has 3 rings (SSSR count). The first-order valence-electron chi connectivity index (χ1n) is 7.73. The molecular weight excluding hydrogens is 344 g/mol. The standard InChI is InChI=1S/C16H18N4O2S2/c1-10-19-20-16(24-10)23-8-4-7-17-15(22)12-9-14(21)18-13-6-3-2-5-11(12)13/h2-3,5-6,12H,4,7-9H2,1H3,(H,17,22)(H,18,21)/t12-/m1/s1. The van der Waals surface area contributed by atoms with Crippen molar-refractivity contribution >= 4 is 40.6 Å². The predicted octanol–water partition coefficient (Wildman–Crippen LogP) is 2.57. The molecule has 0 bridgehead atoms. The highest BCUT2D eigenvalue weighted by Crippen LogP contribution is 2.32. The zero-order chi connectivity index (χ0) is 16.9. The fourth-order valence-corrected chi connectivity index (χ4v) is 4.37. The van der Waals surface area contributed by atoms with E-state index in [4.69, 9.17) is 0 Å². The lowest BCUT2D eigenvalue weighted by atomic mass is 9.90. The van der Waals surface area contributed by atoms with E-state index >= 15 is 0 Å². The number of aryl methyl sites for hydroxylation is 1. The molecule has 0 spiro atoms. The van der Waals surface area contributed by atoms with Crippen molar-refractivity contribution in [3.63, 3.8) is 0 Å². The predicted molar refractivity (Wildman–Crippen MR) is 95.4 cm³/mol. The Bertz CT molecular complexity index is 747. The van der Waals surface area contributed by atoms with Crippen LogP contribution in [0.4, 0.5) is 5.69 Å². The van der Waals surface area contributed by atoms with E-state index in [1.807, 2.05) is 31.2 Å². The molecule has 2 N–H and O–H groups in total. The van der Waals surface area contributed by atoms with Gasteiger partial charge in [-0.3, -0.25) is 9.59 Å². The van der Waals surface area contributed by atoms with Crippen LogP contribution in [0, 0.1) is 6.92 Å². The molecule has 2 amide bonds. The first-order valence-corrected chi connectivity index (χ1v) is 9.53. The van der Waals surface area contributed by atoms with E-state index in [0.29, 0.717) is 6.54 Å². The van der Waals surface area contributed by atoms with Crippen molar-refractivity contribution in [1.29, 1.82) is 0 Å². The molecule has 0 saturated carbocycles. The minimum Gasteiger partial charge on any atom is -0.356 e. The topological polar surface area (TPSA) is 84.0 Å². The first-order chi connectivity index (χ1) is 11.6. The van der Waals surface area contributed by atoms with Gasteiger partial charge in [0.2, 0.25) is 11.8 Å². The Labute approximate surface area is 148 Å². The molecule has 0 unspecified atom stereocenters. The molecule has 0 saturated heterocycles. The van der Waals surface area contributed by atoms with Gasteiger partial charge in [0.15, 0.2) is 4.34 Å². The summed E-state index contributed by atoms with van der Waals surface area (Å²) in [6, 6.07) is 7.46. The summed E-state index contributed by atoms with van der Waals surface area (Å²) in [5.41, 5.74) is 1.62. The molecular formula is C16H18N4O2S2. The highest BCUT2D eigenvalue weighted by atomic mass is 32.2. The molecule has 2 heterocycles. The largest absolute Gasteiger partial charge is 0.356 e. The Balaban J connectivity index is 1.48. The van der Waals surface area contributed by atoms with Gasteiger partial charge >= 0.3 is 0 Å². The smallest absolute Gasteiger partial charge is 0.228 e. The van der Waals surface area contributed by atoms with E-state index in [-0.39, 0.29) is 18.2 Å². The lowest BCUT2D eigenvalue weighted by Crippen LogP contribution is -2.35. The number of anilines is 1. The van der Waals surface area contributed by atoms with Crippen LogP contribution in [-0.2, 0) is 9.59 Å². The summed E-state index contributed by atoms with van der Waals surface area (Å²) in [6.45, 7) is 2.52. The summed E-state index contributed by atoms with van der Waals surface area (Å²) in [4.78, 5) is 24.2. The third-order valence-electron chi connectivity index (χ3n) is 3.67. The second-order valence-electron chi connectivity index (χ2n) is 5.47. The SMILES string of the molecule is Cc1nnc(SCCCNC(=O)[C@@H]2CC(=O)Nc3ccccc32)s1. The second-order valence-corrected chi connectivity index (χ2v) is 8.00. The van der Waals surface area contributed by atoms with Crippen molar-refractivity contribution in [1.82, 2.24) is 15.5 Å². The fraction of sp³-hybridized carbons (Fsp3) is 0.375. The maximum absolute atomic E-state index is 12.4. The molecule has 1 aliphatic heterocycles. The highest BCUT2D eigenvalue weighted by Gasteiger charge is 2.29. The summed E-state index contributed by atoms with van der Waals surface area (Å²) in [7, 11) is 0. The van der Waals surface area contributed by atoms with E-state index in [1.165, 1.54) is 0 Å². The van der Waals surface area contributed by atoms with Crippen molar-refractivity contribution in [2.75, 3.05) is 17.6 Å². The lowest BCUT2D eigenvalue weighted by Gasteiger charge is -2.24. The minimum absolute atomic E-state index is 0.0888. The van der Waals surface area contributed by atoms with Gasteiger partial charge in [-0.25, -0.2) is 0 Å². The van der Waals surface area contributed by atoms with Gasteiger partial charge in [0, 0.05) is 24.4 Å². The van der Waals surface area contributed by atoms with Gasteiger partial charge in [0.05, 0.1) is 5.92 Å². The van der Waals surface area contributed by atoms with Crippen LogP contribution in [0.15, 0.2) is 28.6 Å². The Kier molecular flexibility index (Phi) is 5.47. The monoisotopic (exact) mass is 362 g/mol. The van der Waals surface area contributed by atoms with Crippen molar-refractivity contribution in [2.24, 2.45) is 0 Å². The van der Waals surface area contributed by atoms with Gasteiger partial charge in [-0.2, -0.15) is 0 Å². The molecule has 1 aromatic carbocycles. The van der Waals surface area contributed by atoms with Gasteiger partial charge in [-0.1, -0.05) is 41.3 Å². The summed E-state index contributed by atoms with van der Waals surface area (Å²) >= 11 is 3.22. The number of rotatable bonds is 6. The average Bonchev–Trinajstić information content (AvgIpc) is 2.99. The average molecular weight is 362 g/mol. The van der Waals surface area contributed by atoms with E-state index in [0.717, 1.165) is 32.8 Å². The second kappa shape index (κ2) is 7.76. The van der Waals surface area contributed by atoms with Crippen LogP contribution < -0.4 is 10.6 Å². The molecule has 1 aliphatic rings. The van der Waals surface area contributed by atoms with Gasteiger partial charge in [0.25, 0.3) is 0 Å². The van der Waals surface area contributed by atoms with E-state index in [1.54, 1.807) is 23.1 Å². The molecule has 0 fully saturated rings. The van der Waals surface area contributed by atoms with Crippen LogP contribution in [-0.4, -0.2) is 34.3 Å². The third-order valence-corrected chi connectivity index (χ3v) is 5.73. The number of para-hydroxylation sites is 1. The molecule has 0 radical (unpaired) electrons. The number of benzene rings is 1. The van der Waals surface area contributed by atoms with Crippen LogP contribution >= 0.6 is 23.1 Å². The van der Waals surface area contributed by atoms with E-state index < -0.39 is 5.92 Å². The molecule has 2 aromatic rings. The number of aromatic nitrogens is 2. The zero-order valence-electron chi connectivity index (χ0n) is 13.2. The molecule has 126 valence electrons. The number of nitrogens with zero attached hydrogens (tertiary/aromatic N) is 2. The Morgan fingerprint density at radius 3 is 3.04 bits per heavy atom. The summed E-state index contributed by atoms with van der Waals surface area (Å²) in [5, 5.41) is 14.7. The first kappa shape index (κ1) is 16.9. The summed E-state index contributed by atoms with van der Waals surface area (Å²) in [6.07, 6.45) is 1.04. The van der Waals surface area contributed by atoms with E-state index in [9.17, 15) is 9.59 Å². The van der Waals surface area contributed by atoms with Crippen LogP contribution in [0.2, 0.25) is 0 Å². The fourth-order valence-electron chi connectivity index (χ4n) is 2.55. The number of hydrogen-bond donors (Lipinski definition) is 2. The van der Waals surface area contributed by atoms with Gasteiger partial charge in [0.1, 0.15) is 5.01 Å². The van der Waals surface area contributed by atoms with Crippen LogP contribution in [0.1, 0.15) is 29.3 Å². The normalized spacial score (nSPS) is 16.4. The zero-order valence-corrected chi connectivity index (χ0v) is 14.9. The van der Waals surface area contributed by atoms with Gasteiger partial charge < -0.3 is 10.6 Å². The van der Waals surface area contributed by atoms with Crippen LogP contribution in [0.25, 0.3) is 0 Å². The van der Waals surface area contributed by atoms with Crippen LogP contribution in [0.3, 0.4) is 0 Å². The maximum Gasteiger partial charge on any atom is 0.228 e. The Morgan fingerprint density at radius 1 is 1.42 bits per heavy atom. The molecule has 0 aliphatic carbocycles. The van der Waals surface area contributed by atoms with Crippen molar-refractivity contribution < 1.29 is 9.59 Å². The highest BCUT2D eigenvalue weighted by molar-refractivity contribution is 8.01. The quantitative estimate of drug-likeness (QED) is 0.609. The number of hydrogen-bond acceptors (Lipinski definition) is 6. The molecule has 1 atom stereocenters. The van der Waals surface area contributed by atoms with Gasteiger partial charge in [-0.15, -0.1) is 10.2 Å². The van der Waals surface area contributed by atoms with Crippen molar-refractivity contribution in [2.45, 2.75) is 30.0 Å². The molecule has 8 heteroatoms. The number of nitrogens with one attached hydrogen (secondary N) is 2. The maximum atomic E-state index is 12.4. The number of carbonyl (C=O) groups excluding carboxylic acids is 2. The van der Waals surface area contributed by atoms with E-state index in [2.05, 4.69) is 20.8 Å².